The molecule has 17 heavy (non-hydrogen) atoms. The van der Waals surface area contributed by atoms with Gasteiger partial charge in [0.25, 0.3) is 0 Å². The Bertz CT molecular complexity index is 386. The minimum absolute atomic E-state index is 0.349. The van der Waals surface area contributed by atoms with Crippen LogP contribution in [0.2, 0.25) is 0 Å². The van der Waals surface area contributed by atoms with Crippen molar-refractivity contribution in [2.45, 2.75) is 45.8 Å². The van der Waals surface area contributed by atoms with E-state index in [2.05, 4.69) is 19.9 Å². The number of aliphatic hydroxyl groups excluding tert-OH is 1. The van der Waals surface area contributed by atoms with Crippen LogP contribution in [0.3, 0.4) is 0 Å². The Balaban J connectivity index is 3.29. The standard InChI is InChI=1S/C14H23NO2/c1-8(2)11-7-12(14(15)10(4)16)9(3)6-13(11)17-5/h6-8,10,14,16H,15H2,1-5H3. The lowest BCUT2D eigenvalue weighted by molar-refractivity contribution is 0.164. The lowest BCUT2D eigenvalue weighted by Gasteiger charge is -2.21. The largest absolute Gasteiger partial charge is 0.496 e. The minimum Gasteiger partial charge on any atom is -0.496 e. The molecular formula is C14H23NO2. The highest BCUT2D eigenvalue weighted by atomic mass is 16.5. The van der Waals surface area contributed by atoms with Gasteiger partial charge in [0.15, 0.2) is 0 Å². The first-order chi connectivity index (χ1) is 7.88. The SMILES string of the molecule is COc1cc(C)c(C(N)C(C)O)cc1C(C)C. The smallest absolute Gasteiger partial charge is 0.122 e. The highest BCUT2D eigenvalue weighted by Gasteiger charge is 2.18. The lowest BCUT2D eigenvalue weighted by atomic mass is 9.91. The topological polar surface area (TPSA) is 55.5 Å². The fraction of sp³-hybridized carbons (Fsp3) is 0.571. The van der Waals surface area contributed by atoms with Crippen molar-refractivity contribution < 1.29 is 9.84 Å². The molecule has 1 rings (SSSR count). The molecule has 0 bridgehead atoms. The fourth-order valence-electron chi connectivity index (χ4n) is 1.96. The second-order valence-electron chi connectivity index (χ2n) is 4.87. The molecule has 3 nitrogen and oxygen atoms in total. The molecule has 0 radical (unpaired) electrons. The summed E-state index contributed by atoms with van der Waals surface area (Å²) >= 11 is 0. The average molecular weight is 237 g/mol. The van der Waals surface area contributed by atoms with E-state index < -0.39 is 6.10 Å². The van der Waals surface area contributed by atoms with Gasteiger partial charge in [0.2, 0.25) is 0 Å². The normalized spacial score (nSPS) is 14.8. The molecule has 0 aliphatic heterocycles. The Morgan fingerprint density at radius 1 is 1.18 bits per heavy atom. The van der Waals surface area contributed by atoms with Crippen LogP contribution in [0.15, 0.2) is 12.1 Å². The van der Waals surface area contributed by atoms with Crippen LogP contribution < -0.4 is 10.5 Å². The van der Waals surface area contributed by atoms with Crippen LogP contribution in [0.5, 0.6) is 5.75 Å². The summed E-state index contributed by atoms with van der Waals surface area (Å²) in [6.45, 7) is 7.93. The van der Waals surface area contributed by atoms with Gasteiger partial charge >= 0.3 is 0 Å². The highest BCUT2D eigenvalue weighted by molar-refractivity contribution is 5.45. The number of ether oxygens (including phenoxy) is 1. The van der Waals surface area contributed by atoms with Crippen LogP contribution in [0, 0.1) is 6.92 Å². The first kappa shape index (κ1) is 14.0. The highest BCUT2D eigenvalue weighted by Crippen LogP contribution is 2.32. The van der Waals surface area contributed by atoms with Gasteiger partial charge in [-0.05, 0) is 48.6 Å². The number of hydrogen-bond donors (Lipinski definition) is 2. The van der Waals surface area contributed by atoms with E-state index in [9.17, 15) is 5.11 Å². The van der Waals surface area contributed by atoms with Gasteiger partial charge in [-0.2, -0.15) is 0 Å². The molecule has 96 valence electrons. The van der Waals surface area contributed by atoms with Crippen molar-refractivity contribution in [1.29, 1.82) is 0 Å². The van der Waals surface area contributed by atoms with Gasteiger partial charge < -0.3 is 15.6 Å². The number of rotatable bonds is 4. The molecule has 2 unspecified atom stereocenters. The van der Waals surface area contributed by atoms with Crippen molar-refractivity contribution in [3.8, 4) is 5.75 Å². The number of nitrogens with two attached hydrogens (primary N) is 1. The van der Waals surface area contributed by atoms with Gasteiger partial charge in [-0.15, -0.1) is 0 Å². The first-order valence-electron chi connectivity index (χ1n) is 6.00. The van der Waals surface area contributed by atoms with Gasteiger partial charge in [-0.25, -0.2) is 0 Å². The van der Waals surface area contributed by atoms with E-state index in [4.69, 9.17) is 10.5 Å². The van der Waals surface area contributed by atoms with Gasteiger partial charge in [0, 0.05) is 0 Å². The average Bonchev–Trinajstić information content (AvgIpc) is 2.27. The second-order valence-corrected chi connectivity index (χ2v) is 4.87. The Morgan fingerprint density at radius 3 is 2.18 bits per heavy atom. The zero-order valence-corrected chi connectivity index (χ0v) is 11.3. The van der Waals surface area contributed by atoms with E-state index in [-0.39, 0.29) is 6.04 Å². The fourth-order valence-corrected chi connectivity index (χ4v) is 1.96. The molecule has 0 aromatic heterocycles. The molecule has 0 amide bonds. The Labute approximate surface area is 104 Å². The summed E-state index contributed by atoms with van der Waals surface area (Å²) in [5.41, 5.74) is 9.18. The van der Waals surface area contributed by atoms with Crippen molar-refractivity contribution in [3.63, 3.8) is 0 Å². The predicted molar refractivity (Wildman–Crippen MR) is 70.4 cm³/mol. The van der Waals surface area contributed by atoms with Crippen LogP contribution in [-0.4, -0.2) is 18.3 Å². The van der Waals surface area contributed by atoms with Crippen molar-refractivity contribution in [2.75, 3.05) is 7.11 Å². The Kier molecular flexibility index (Phi) is 4.54. The van der Waals surface area contributed by atoms with E-state index in [1.807, 2.05) is 13.0 Å². The first-order valence-corrected chi connectivity index (χ1v) is 6.00. The monoisotopic (exact) mass is 237 g/mol. The maximum absolute atomic E-state index is 9.60. The van der Waals surface area contributed by atoms with Crippen LogP contribution in [-0.2, 0) is 0 Å². The number of aryl methyl sites for hydroxylation is 1. The predicted octanol–water partition coefficient (Wildman–Crippen LogP) is 2.51. The van der Waals surface area contributed by atoms with Crippen LogP contribution in [0.25, 0.3) is 0 Å². The zero-order valence-electron chi connectivity index (χ0n) is 11.3. The molecule has 0 fully saturated rings. The number of methoxy groups -OCH3 is 1. The van der Waals surface area contributed by atoms with Crippen molar-refractivity contribution in [1.82, 2.24) is 0 Å². The third-order valence-corrected chi connectivity index (χ3v) is 3.12. The Morgan fingerprint density at radius 2 is 1.76 bits per heavy atom. The summed E-state index contributed by atoms with van der Waals surface area (Å²) < 4.78 is 5.38. The molecule has 0 aliphatic rings. The van der Waals surface area contributed by atoms with Gasteiger partial charge in [0.1, 0.15) is 5.75 Å². The minimum atomic E-state index is -0.554. The van der Waals surface area contributed by atoms with Gasteiger partial charge in [0.05, 0.1) is 19.3 Å². The summed E-state index contributed by atoms with van der Waals surface area (Å²) in [5, 5.41) is 9.60. The molecule has 3 N–H and O–H groups in total. The second kappa shape index (κ2) is 5.52. The summed E-state index contributed by atoms with van der Waals surface area (Å²) in [6.07, 6.45) is -0.554. The maximum atomic E-state index is 9.60. The van der Waals surface area contributed by atoms with Crippen LogP contribution >= 0.6 is 0 Å². The molecule has 0 aliphatic carbocycles. The van der Waals surface area contributed by atoms with Crippen molar-refractivity contribution >= 4 is 0 Å². The summed E-state index contributed by atoms with van der Waals surface area (Å²) in [7, 11) is 1.68. The van der Waals surface area contributed by atoms with E-state index >= 15 is 0 Å². The molecule has 1 aromatic carbocycles. The Hall–Kier alpha value is -1.06. The third-order valence-electron chi connectivity index (χ3n) is 3.12. The summed E-state index contributed by atoms with van der Waals surface area (Å²) in [4.78, 5) is 0. The third kappa shape index (κ3) is 2.99. The molecule has 0 saturated heterocycles. The van der Waals surface area contributed by atoms with Crippen molar-refractivity contribution in [2.24, 2.45) is 5.73 Å². The molecule has 0 heterocycles. The molecule has 1 aromatic rings. The van der Waals surface area contributed by atoms with E-state index in [1.54, 1.807) is 14.0 Å². The van der Waals surface area contributed by atoms with E-state index in [0.717, 1.165) is 22.4 Å². The number of aliphatic hydroxyl groups is 1. The molecule has 0 saturated carbocycles. The maximum Gasteiger partial charge on any atom is 0.122 e. The van der Waals surface area contributed by atoms with E-state index in [0.29, 0.717) is 5.92 Å². The molecule has 3 heteroatoms. The summed E-state index contributed by atoms with van der Waals surface area (Å²) in [5.74, 6) is 1.25. The van der Waals surface area contributed by atoms with E-state index in [1.165, 1.54) is 0 Å². The number of hydrogen-bond acceptors (Lipinski definition) is 3. The quantitative estimate of drug-likeness (QED) is 0.846. The van der Waals surface area contributed by atoms with Gasteiger partial charge in [-0.3, -0.25) is 0 Å². The van der Waals surface area contributed by atoms with Crippen LogP contribution in [0.1, 0.15) is 49.4 Å². The lowest BCUT2D eigenvalue weighted by Crippen LogP contribution is -2.24. The van der Waals surface area contributed by atoms with Crippen molar-refractivity contribution in [3.05, 3.63) is 28.8 Å². The number of benzene rings is 1. The summed E-state index contributed by atoms with van der Waals surface area (Å²) in [6, 6.07) is 3.70. The molecule has 0 spiro atoms. The van der Waals surface area contributed by atoms with Gasteiger partial charge in [-0.1, -0.05) is 13.8 Å². The zero-order chi connectivity index (χ0) is 13.2. The van der Waals surface area contributed by atoms with Crippen LogP contribution in [0.4, 0.5) is 0 Å². The molecule has 2 atom stereocenters. The molecular weight excluding hydrogens is 214 g/mol.